The summed E-state index contributed by atoms with van der Waals surface area (Å²) >= 11 is 12.3. The molecular formula is C28H25ClN4O3S. The number of nitrogens with zero attached hydrogens (tertiary/aromatic N) is 3. The average Bonchev–Trinajstić information content (AvgIpc) is 3.39. The number of anilines is 1. The molecule has 3 heterocycles. The number of carboxylic acids is 1. The molecule has 1 fully saturated rings. The van der Waals surface area contributed by atoms with E-state index in [1.165, 1.54) is 0 Å². The Labute approximate surface area is 225 Å². The first kappa shape index (κ1) is 24.8. The van der Waals surface area contributed by atoms with E-state index in [-0.39, 0.29) is 17.6 Å². The molecule has 188 valence electrons. The number of rotatable bonds is 6. The van der Waals surface area contributed by atoms with E-state index in [4.69, 9.17) is 28.6 Å². The van der Waals surface area contributed by atoms with Crippen molar-refractivity contribution in [2.75, 3.05) is 12.0 Å². The highest BCUT2D eigenvalue weighted by molar-refractivity contribution is 7.80. The van der Waals surface area contributed by atoms with Gasteiger partial charge in [-0.05, 0) is 80.2 Å². The van der Waals surface area contributed by atoms with Crippen molar-refractivity contribution in [1.29, 1.82) is 0 Å². The van der Waals surface area contributed by atoms with Gasteiger partial charge in [0.2, 0.25) is 0 Å². The summed E-state index contributed by atoms with van der Waals surface area (Å²) in [5, 5.41) is 14.3. The third-order valence-corrected chi connectivity index (χ3v) is 7.29. The van der Waals surface area contributed by atoms with Crippen LogP contribution in [-0.2, 0) is 0 Å². The van der Waals surface area contributed by atoms with Crippen molar-refractivity contribution in [3.63, 3.8) is 0 Å². The standard InChI is InChI=1S/C28H25ClN4O3S/c1-16-14-20(17(2)32(16)23-10-5-4-8-19(23)27(34)35)26-25(22-9-6-7-13-30-22)31-28(37)33(26)18-11-12-24(36-3)21(29)15-18/h4-15,25-26H,1-3H3,(H,31,37)(H,34,35). The molecule has 2 aromatic heterocycles. The van der Waals surface area contributed by atoms with Crippen LogP contribution in [-0.4, -0.2) is 32.8 Å². The molecule has 1 aliphatic rings. The highest BCUT2D eigenvalue weighted by atomic mass is 35.5. The summed E-state index contributed by atoms with van der Waals surface area (Å²) in [4.78, 5) is 18.7. The van der Waals surface area contributed by atoms with Crippen LogP contribution in [0.15, 0.2) is 72.9 Å². The van der Waals surface area contributed by atoms with E-state index in [2.05, 4.69) is 16.4 Å². The normalized spacial score (nSPS) is 17.1. The summed E-state index contributed by atoms with van der Waals surface area (Å²) in [6, 6.07) is 19.9. The number of ether oxygens (including phenoxy) is 1. The van der Waals surface area contributed by atoms with Gasteiger partial charge in [-0.3, -0.25) is 4.98 Å². The van der Waals surface area contributed by atoms with Gasteiger partial charge in [-0.1, -0.05) is 29.8 Å². The second-order valence-electron chi connectivity index (χ2n) is 8.80. The summed E-state index contributed by atoms with van der Waals surface area (Å²) in [6.45, 7) is 3.97. The largest absolute Gasteiger partial charge is 0.495 e. The Hall–Kier alpha value is -3.88. The van der Waals surface area contributed by atoms with Crippen molar-refractivity contribution in [3.05, 3.63) is 106 Å². The molecule has 1 saturated heterocycles. The molecule has 37 heavy (non-hydrogen) atoms. The van der Waals surface area contributed by atoms with Crippen LogP contribution >= 0.6 is 23.8 Å². The third kappa shape index (κ3) is 4.32. The number of hydrogen-bond donors (Lipinski definition) is 2. The van der Waals surface area contributed by atoms with Crippen LogP contribution in [0.1, 0.15) is 45.1 Å². The van der Waals surface area contributed by atoms with Crippen molar-refractivity contribution < 1.29 is 14.6 Å². The zero-order valence-corrected chi connectivity index (χ0v) is 22.0. The lowest BCUT2D eigenvalue weighted by atomic mass is 9.96. The molecule has 0 radical (unpaired) electrons. The van der Waals surface area contributed by atoms with E-state index < -0.39 is 5.97 Å². The molecule has 5 rings (SSSR count). The fraction of sp³-hybridized carbons (Fsp3) is 0.179. The van der Waals surface area contributed by atoms with Gasteiger partial charge in [0.15, 0.2) is 5.11 Å². The highest BCUT2D eigenvalue weighted by Crippen LogP contribution is 2.45. The number of hydrogen-bond acceptors (Lipinski definition) is 4. The van der Waals surface area contributed by atoms with Crippen molar-refractivity contribution in [1.82, 2.24) is 14.9 Å². The first-order valence-electron chi connectivity index (χ1n) is 11.7. The molecule has 2 atom stereocenters. The number of pyridine rings is 1. The third-order valence-electron chi connectivity index (χ3n) is 6.68. The summed E-state index contributed by atoms with van der Waals surface area (Å²) < 4.78 is 7.33. The van der Waals surface area contributed by atoms with Gasteiger partial charge >= 0.3 is 5.97 Å². The number of carbonyl (C=O) groups is 1. The number of thiocarbonyl (C=S) groups is 1. The van der Waals surface area contributed by atoms with Gasteiger partial charge in [-0.25, -0.2) is 4.79 Å². The van der Waals surface area contributed by atoms with Gasteiger partial charge in [0.1, 0.15) is 5.75 Å². The number of aromatic nitrogens is 2. The quantitative estimate of drug-likeness (QED) is 0.294. The van der Waals surface area contributed by atoms with Crippen molar-refractivity contribution in [3.8, 4) is 11.4 Å². The lowest BCUT2D eigenvalue weighted by molar-refractivity contribution is 0.0697. The molecule has 0 aliphatic carbocycles. The second-order valence-corrected chi connectivity index (χ2v) is 9.59. The fourth-order valence-electron chi connectivity index (χ4n) is 5.06. The number of aryl methyl sites for hydroxylation is 1. The molecule has 4 aromatic rings. The predicted molar refractivity (Wildman–Crippen MR) is 148 cm³/mol. The maximum absolute atomic E-state index is 12.0. The van der Waals surface area contributed by atoms with E-state index in [9.17, 15) is 9.90 Å². The van der Waals surface area contributed by atoms with E-state index in [0.29, 0.717) is 21.6 Å². The molecule has 2 aromatic carbocycles. The Morgan fingerprint density at radius 1 is 1.11 bits per heavy atom. The number of halogens is 1. The van der Waals surface area contributed by atoms with E-state index >= 15 is 0 Å². The molecule has 0 bridgehead atoms. The minimum atomic E-state index is -0.978. The maximum Gasteiger partial charge on any atom is 0.337 e. The van der Waals surface area contributed by atoms with Crippen LogP contribution in [0.5, 0.6) is 5.75 Å². The Bertz CT molecular complexity index is 1500. The number of methoxy groups -OCH3 is 1. The predicted octanol–water partition coefficient (Wildman–Crippen LogP) is 6.03. The molecule has 2 unspecified atom stereocenters. The second kappa shape index (κ2) is 9.88. The van der Waals surface area contributed by atoms with Crippen molar-refractivity contribution >= 4 is 40.6 Å². The molecule has 9 heteroatoms. The molecule has 0 spiro atoms. The molecule has 1 aliphatic heterocycles. The zero-order valence-electron chi connectivity index (χ0n) is 20.5. The first-order chi connectivity index (χ1) is 17.8. The monoisotopic (exact) mass is 532 g/mol. The lowest BCUT2D eigenvalue weighted by Crippen LogP contribution is -2.29. The van der Waals surface area contributed by atoms with E-state index in [0.717, 1.165) is 28.3 Å². The summed E-state index contributed by atoms with van der Waals surface area (Å²) in [5.41, 5.74) is 5.30. The maximum atomic E-state index is 12.0. The zero-order chi connectivity index (χ0) is 26.3. The van der Waals surface area contributed by atoms with Gasteiger partial charge in [-0.15, -0.1) is 0 Å². The smallest absolute Gasteiger partial charge is 0.337 e. The van der Waals surface area contributed by atoms with Gasteiger partial charge in [0.25, 0.3) is 0 Å². The summed E-state index contributed by atoms with van der Waals surface area (Å²) in [7, 11) is 1.58. The van der Waals surface area contributed by atoms with Crippen molar-refractivity contribution in [2.24, 2.45) is 0 Å². The summed E-state index contributed by atoms with van der Waals surface area (Å²) in [5.74, 6) is -0.404. The highest BCUT2D eigenvalue weighted by Gasteiger charge is 2.42. The topological polar surface area (TPSA) is 79.6 Å². The van der Waals surface area contributed by atoms with Crippen LogP contribution in [0, 0.1) is 13.8 Å². The van der Waals surface area contributed by atoms with Crippen molar-refractivity contribution in [2.45, 2.75) is 25.9 Å². The first-order valence-corrected chi connectivity index (χ1v) is 12.5. The number of benzene rings is 2. The van der Waals surface area contributed by atoms with Crippen LogP contribution in [0.2, 0.25) is 5.02 Å². The Kier molecular flexibility index (Phi) is 6.62. The number of para-hydroxylation sites is 1. The van der Waals surface area contributed by atoms with Gasteiger partial charge in [0.05, 0.1) is 41.2 Å². The fourth-order valence-corrected chi connectivity index (χ4v) is 5.66. The molecule has 0 amide bonds. The van der Waals surface area contributed by atoms with Gasteiger partial charge in [0, 0.05) is 23.3 Å². The Balaban J connectivity index is 1.70. The molecule has 2 N–H and O–H groups in total. The summed E-state index contributed by atoms with van der Waals surface area (Å²) in [6.07, 6.45) is 1.76. The number of aromatic carboxylic acids is 1. The van der Waals surface area contributed by atoms with Crippen LogP contribution in [0.25, 0.3) is 5.69 Å². The minimum absolute atomic E-state index is 0.232. The Morgan fingerprint density at radius 3 is 2.54 bits per heavy atom. The van der Waals surface area contributed by atoms with Crippen LogP contribution < -0.4 is 15.0 Å². The number of carboxylic acid groups (broad SMARTS) is 1. The average molecular weight is 533 g/mol. The van der Waals surface area contributed by atoms with E-state index in [1.807, 2.05) is 71.8 Å². The van der Waals surface area contributed by atoms with E-state index in [1.54, 1.807) is 25.4 Å². The number of nitrogens with one attached hydrogen (secondary N) is 1. The van der Waals surface area contributed by atoms with Gasteiger partial charge in [-0.2, -0.15) is 0 Å². The van der Waals surface area contributed by atoms with Crippen LogP contribution in [0.3, 0.4) is 0 Å². The SMILES string of the molecule is COc1ccc(N2C(=S)NC(c3ccccn3)C2c2cc(C)n(-c3ccccc3C(=O)O)c2C)cc1Cl. The van der Waals surface area contributed by atoms with Crippen LogP contribution in [0.4, 0.5) is 5.69 Å². The lowest BCUT2D eigenvalue weighted by Gasteiger charge is -2.28. The molecule has 0 saturated carbocycles. The molecular weight excluding hydrogens is 508 g/mol. The Morgan fingerprint density at radius 2 is 1.86 bits per heavy atom. The van der Waals surface area contributed by atoms with Gasteiger partial charge < -0.3 is 24.6 Å². The minimum Gasteiger partial charge on any atom is -0.495 e. The molecule has 7 nitrogen and oxygen atoms in total.